The van der Waals surface area contributed by atoms with Crippen molar-refractivity contribution in [3.63, 3.8) is 0 Å². The van der Waals surface area contributed by atoms with Crippen LogP contribution in [0.3, 0.4) is 0 Å². The van der Waals surface area contributed by atoms with Gasteiger partial charge < -0.3 is 25.0 Å². The van der Waals surface area contributed by atoms with E-state index in [1.807, 2.05) is 43.3 Å². The molecule has 0 unspecified atom stereocenters. The average molecular weight is 371 g/mol. The molecule has 2 aromatic carbocycles. The summed E-state index contributed by atoms with van der Waals surface area (Å²) in [6.07, 6.45) is 0. The smallest absolute Gasteiger partial charge is 0.337 e. The molecule has 0 saturated carbocycles. The summed E-state index contributed by atoms with van der Waals surface area (Å²) < 4.78 is 9.86. The van der Waals surface area contributed by atoms with E-state index >= 15 is 0 Å². The second kappa shape index (κ2) is 9.59. The van der Waals surface area contributed by atoms with E-state index in [9.17, 15) is 9.59 Å². The summed E-state index contributed by atoms with van der Waals surface area (Å²) in [6.45, 7) is 0.916. The molecule has 2 N–H and O–H groups in total. The van der Waals surface area contributed by atoms with Gasteiger partial charge in [0.2, 0.25) is 0 Å². The van der Waals surface area contributed by atoms with Crippen LogP contribution in [0.25, 0.3) is 0 Å². The Morgan fingerprint density at radius 1 is 1.04 bits per heavy atom. The van der Waals surface area contributed by atoms with Gasteiger partial charge in [0.1, 0.15) is 0 Å². The van der Waals surface area contributed by atoms with E-state index in [1.165, 1.54) is 7.11 Å². The molecule has 2 aromatic rings. The Bertz CT molecular complexity index is 806. The van der Waals surface area contributed by atoms with E-state index in [1.54, 1.807) is 25.3 Å². The van der Waals surface area contributed by atoms with Gasteiger partial charge >= 0.3 is 12.0 Å². The van der Waals surface area contributed by atoms with Crippen molar-refractivity contribution in [1.29, 1.82) is 0 Å². The third-order valence-electron chi connectivity index (χ3n) is 3.90. The summed E-state index contributed by atoms with van der Waals surface area (Å²) in [5.41, 5.74) is 3.75. The number of hydrogen-bond donors (Lipinski definition) is 2. The molecule has 0 aromatic heterocycles. The molecule has 0 bridgehead atoms. The molecule has 27 heavy (non-hydrogen) atoms. The molecule has 0 atom stereocenters. The number of carbonyl (C=O) groups excluding carboxylic acids is 2. The monoisotopic (exact) mass is 371 g/mol. The fourth-order valence-electron chi connectivity index (χ4n) is 2.60. The van der Waals surface area contributed by atoms with Crippen molar-refractivity contribution >= 4 is 23.4 Å². The van der Waals surface area contributed by atoms with E-state index in [0.29, 0.717) is 30.1 Å². The van der Waals surface area contributed by atoms with Crippen LogP contribution in [-0.2, 0) is 22.6 Å². The molecule has 7 nitrogen and oxygen atoms in total. The second-order valence-electron chi connectivity index (χ2n) is 6.18. The van der Waals surface area contributed by atoms with Crippen LogP contribution in [-0.4, -0.2) is 40.3 Å². The number of anilines is 2. The third-order valence-corrected chi connectivity index (χ3v) is 3.90. The van der Waals surface area contributed by atoms with Crippen LogP contribution in [0.15, 0.2) is 42.5 Å². The molecular formula is C20H25N3O4. The summed E-state index contributed by atoms with van der Waals surface area (Å²) >= 11 is 0. The number of amides is 2. The molecule has 2 rings (SSSR count). The van der Waals surface area contributed by atoms with E-state index in [-0.39, 0.29) is 6.03 Å². The number of nitrogens with one attached hydrogen (secondary N) is 2. The maximum Gasteiger partial charge on any atom is 0.337 e. The maximum atomic E-state index is 12.3. The molecule has 0 radical (unpaired) electrons. The minimum Gasteiger partial charge on any atom is -0.465 e. The molecule has 7 heteroatoms. The van der Waals surface area contributed by atoms with Gasteiger partial charge in [-0.05, 0) is 29.3 Å². The third kappa shape index (κ3) is 5.72. The van der Waals surface area contributed by atoms with Crippen LogP contribution in [0, 0.1) is 0 Å². The largest absolute Gasteiger partial charge is 0.465 e. The zero-order valence-corrected chi connectivity index (χ0v) is 16.0. The quantitative estimate of drug-likeness (QED) is 0.732. The maximum absolute atomic E-state index is 12.3. The average Bonchev–Trinajstić information content (AvgIpc) is 2.66. The first-order valence-electron chi connectivity index (χ1n) is 8.46. The van der Waals surface area contributed by atoms with Gasteiger partial charge in [0.25, 0.3) is 0 Å². The van der Waals surface area contributed by atoms with Crippen LogP contribution < -0.4 is 15.5 Å². The Hall–Kier alpha value is -3.06. The number of esters is 1. The summed E-state index contributed by atoms with van der Waals surface area (Å²) in [5, 5.41) is 5.65. The number of methoxy groups -OCH3 is 2. The number of nitrogens with zero attached hydrogens (tertiary/aromatic N) is 1. The van der Waals surface area contributed by atoms with Crippen molar-refractivity contribution in [2.24, 2.45) is 0 Å². The van der Waals surface area contributed by atoms with Crippen molar-refractivity contribution in [3.05, 3.63) is 59.2 Å². The topological polar surface area (TPSA) is 79.9 Å². The van der Waals surface area contributed by atoms with Crippen molar-refractivity contribution < 1.29 is 19.1 Å². The Balaban J connectivity index is 2.04. The zero-order valence-electron chi connectivity index (χ0n) is 16.0. The fourth-order valence-corrected chi connectivity index (χ4v) is 2.60. The molecule has 0 aliphatic rings. The molecule has 0 heterocycles. The van der Waals surface area contributed by atoms with Crippen LogP contribution in [0.1, 0.15) is 21.5 Å². The lowest BCUT2D eigenvalue weighted by Crippen LogP contribution is -2.29. The first-order chi connectivity index (χ1) is 12.9. The minimum atomic E-state index is -0.426. The lowest BCUT2D eigenvalue weighted by atomic mass is 10.1. The number of rotatable bonds is 7. The first-order valence-corrected chi connectivity index (χ1v) is 8.46. The molecule has 0 fully saturated rings. The molecule has 2 amide bonds. The predicted molar refractivity (Wildman–Crippen MR) is 105 cm³/mol. The normalized spacial score (nSPS) is 10.2. The van der Waals surface area contributed by atoms with Crippen molar-refractivity contribution in [2.45, 2.75) is 13.2 Å². The Labute approximate surface area is 159 Å². The van der Waals surface area contributed by atoms with E-state index in [0.717, 1.165) is 11.1 Å². The number of benzene rings is 2. The van der Waals surface area contributed by atoms with Gasteiger partial charge in [-0.15, -0.1) is 0 Å². The van der Waals surface area contributed by atoms with Crippen molar-refractivity contribution in [2.75, 3.05) is 38.5 Å². The highest BCUT2D eigenvalue weighted by atomic mass is 16.5. The van der Waals surface area contributed by atoms with Crippen molar-refractivity contribution in [1.82, 2.24) is 5.32 Å². The van der Waals surface area contributed by atoms with Gasteiger partial charge in [-0.2, -0.15) is 0 Å². The molecule has 0 aliphatic heterocycles. The lowest BCUT2D eigenvalue weighted by Gasteiger charge is -2.19. The van der Waals surface area contributed by atoms with Crippen LogP contribution in [0.2, 0.25) is 0 Å². The van der Waals surface area contributed by atoms with E-state index in [2.05, 4.69) is 10.6 Å². The minimum absolute atomic E-state index is 0.332. The highest BCUT2D eigenvalue weighted by molar-refractivity contribution is 5.96. The number of hydrogen-bond acceptors (Lipinski definition) is 5. The standard InChI is InChI=1S/C20H25N3O4/c1-23(2)18-11-16(19(24)27-4)8-9-17(18)22-20(25)21-12-14-6-5-7-15(10-14)13-26-3/h5-11H,12-13H2,1-4H3,(H2,21,22,25). The van der Waals surface area contributed by atoms with Crippen LogP contribution in [0.5, 0.6) is 0 Å². The molecule has 0 aliphatic carbocycles. The van der Waals surface area contributed by atoms with Gasteiger partial charge in [0, 0.05) is 27.7 Å². The molecular weight excluding hydrogens is 346 g/mol. The van der Waals surface area contributed by atoms with Gasteiger partial charge in [0.15, 0.2) is 0 Å². The Morgan fingerprint density at radius 2 is 1.78 bits per heavy atom. The fraction of sp³-hybridized carbons (Fsp3) is 0.300. The summed E-state index contributed by atoms with van der Waals surface area (Å²) in [7, 11) is 6.65. The number of ether oxygens (including phenoxy) is 2. The van der Waals surface area contributed by atoms with E-state index in [4.69, 9.17) is 9.47 Å². The van der Waals surface area contributed by atoms with Crippen LogP contribution >= 0.6 is 0 Å². The Kier molecular flexibility index (Phi) is 7.19. The molecule has 0 spiro atoms. The number of urea groups is 1. The lowest BCUT2D eigenvalue weighted by molar-refractivity contribution is 0.0601. The first kappa shape index (κ1) is 20.3. The predicted octanol–water partition coefficient (Wildman–Crippen LogP) is 3.01. The summed E-state index contributed by atoms with van der Waals surface area (Å²) in [6, 6.07) is 12.5. The van der Waals surface area contributed by atoms with Gasteiger partial charge in [-0.25, -0.2) is 9.59 Å². The molecule has 144 valence electrons. The second-order valence-corrected chi connectivity index (χ2v) is 6.18. The SMILES string of the molecule is COCc1cccc(CNC(=O)Nc2ccc(C(=O)OC)cc2N(C)C)c1. The van der Waals surface area contributed by atoms with Gasteiger partial charge in [0.05, 0.1) is 30.7 Å². The summed E-state index contributed by atoms with van der Waals surface area (Å²) in [5.74, 6) is -0.426. The molecule has 0 saturated heterocycles. The number of carbonyl (C=O) groups is 2. The van der Waals surface area contributed by atoms with Gasteiger partial charge in [-0.1, -0.05) is 24.3 Å². The van der Waals surface area contributed by atoms with Crippen LogP contribution in [0.4, 0.5) is 16.2 Å². The van der Waals surface area contributed by atoms with Gasteiger partial charge in [-0.3, -0.25) is 0 Å². The van der Waals surface area contributed by atoms with Crippen molar-refractivity contribution in [3.8, 4) is 0 Å². The highest BCUT2D eigenvalue weighted by Gasteiger charge is 2.13. The zero-order chi connectivity index (χ0) is 19.8. The highest BCUT2D eigenvalue weighted by Crippen LogP contribution is 2.26. The van der Waals surface area contributed by atoms with E-state index < -0.39 is 5.97 Å². The summed E-state index contributed by atoms with van der Waals surface area (Å²) in [4.78, 5) is 25.8. The Morgan fingerprint density at radius 3 is 2.44 bits per heavy atom.